The minimum atomic E-state index is -4.32. The maximum atomic E-state index is 13.7. The van der Waals surface area contributed by atoms with Crippen molar-refractivity contribution in [3.8, 4) is 17.2 Å². The van der Waals surface area contributed by atoms with Gasteiger partial charge in [-0.25, -0.2) is 0 Å². The van der Waals surface area contributed by atoms with Gasteiger partial charge >= 0.3 is 17.9 Å². The topological polar surface area (TPSA) is 292 Å². The molecule has 0 unspecified atom stereocenters. The molecule has 4 N–H and O–H groups in total. The van der Waals surface area contributed by atoms with Crippen LogP contribution in [0.2, 0.25) is 0 Å². The number of carboxylic acid groups (broad SMARTS) is 3. The van der Waals surface area contributed by atoms with E-state index in [1.807, 2.05) is 0 Å². The van der Waals surface area contributed by atoms with Crippen molar-refractivity contribution in [3.05, 3.63) is 64.5 Å². The van der Waals surface area contributed by atoms with E-state index in [0.717, 1.165) is 0 Å². The molecule has 2 amide bonds. The van der Waals surface area contributed by atoms with Crippen molar-refractivity contribution in [2.45, 2.75) is 26.4 Å². The molecule has 1 fully saturated rings. The SMILES string of the molecule is C/C(C=c1s/c(=c2/o/c(=C3/SC(=O)N(CC(=O)O)C3=O)n(CC(=O)O)c2=O)n(CC(=O)O)c1=O)=C1\Oc2cc3c(cc2N1CCCS(=O)(=O)O)OCO3. The monoisotopic (exact) mass is 796 g/mol. The quantitative estimate of drug-likeness (QED) is 0.168. The number of hydrogen-bond donors (Lipinski definition) is 4. The molecular weight excluding hydrogens is 773 g/mol. The van der Waals surface area contributed by atoms with Crippen LogP contribution in [0, 0.1) is 10.1 Å². The van der Waals surface area contributed by atoms with Gasteiger partial charge in [-0.2, -0.15) is 8.42 Å². The predicted molar refractivity (Wildman–Crippen MR) is 178 cm³/mol. The average Bonchev–Trinajstić information content (AvgIpc) is 3.86. The molecule has 24 heteroatoms. The zero-order chi connectivity index (χ0) is 38.5. The maximum Gasteiger partial charge on any atom is 0.323 e. The lowest BCUT2D eigenvalue weighted by Crippen LogP contribution is -2.36. The Kier molecular flexibility index (Phi) is 9.71. The molecular formula is C29H24N4O17S3. The fraction of sp³-hybridized carbons (Fsp3) is 0.276. The van der Waals surface area contributed by atoms with Gasteiger partial charge in [0.15, 0.2) is 17.2 Å². The third-order valence-electron chi connectivity index (χ3n) is 7.57. The van der Waals surface area contributed by atoms with Gasteiger partial charge in [0.1, 0.15) is 29.2 Å². The van der Waals surface area contributed by atoms with Crippen LogP contribution in [0.25, 0.3) is 11.0 Å². The number of amides is 2. The van der Waals surface area contributed by atoms with Gasteiger partial charge in [-0.15, -0.1) is 11.3 Å². The molecule has 0 radical (unpaired) electrons. The number of benzene rings is 1. The molecule has 0 spiro atoms. The summed E-state index contributed by atoms with van der Waals surface area (Å²) in [6.45, 7) is -1.69. The number of thiazole rings is 1. The summed E-state index contributed by atoms with van der Waals surface area (Å²) in [5.41, 5.74) is -2.98. The van der Waals surface area contributed by atoms with Crippen molar-refractivity contribution in [2.75, 3.05) is 30.5 Å². The van der Waals surface area contributed by atoms with E-state index in [4.69, 9.17) is 23.7 Å². The van der Waals surface area contributed by atoms with Gasteiger partial charge in [-0.3, -0.25) is 52.1 Å². The summed E-state index contributed by atoms with van der Waals surface area (Å²) >= 11 is 0.742. The molecule has 3 aliphatic heterocycles. The van der Waals surface area contributed by atoms with Crippen LogP contribution in [0.3, 0.4) is 0 Å². The van der Waals surface area contributed by atoms with Gasteiger partial charge in [0.05, 0.1) is 16.0 Å². The standard InChI is InChI=1S/C29H24N4O17S3/c1-12(26-30(3-2-4-53(44,45)46)13-6-15-16(48-11-47-15)7-14(13)49-26)5-17-23(40)32(9-19(36)37)28(51-17)21-24(41)31(8-18(34)35)27(50-21)22-25(42)33(10-20(38)39)29(43)52-22/h5-7H,2-4,8-11H2,1H3,(H,34,35)(H,36,37)(H,38,39)(H,44,45,46)/b17-5?,26-12+,27-22+,28-21+. The zero-order valence-corrected chi connectivity index (χ0v) is 29.2. The molecule has 5 heterocycles. The minimum Gasteiger partial charge on any atom is -0.480 e. The number of aromatic nitrogens is 2. The summed E-state index contributed by atoms with van der Waals surface area (Å²) in [6.07, 6.45) is 1.23. The first-order valence-electron chi connectivity index (χ1n) is 14.9. The van der Waals surface area contributed by atoms with Crippen molar-refractivity contribution >= 4 is 78.9 Å². The highest BCUT2D eigenvalue weighted by Crippen LogP contribution is 2.48. The highest BCUT2D eigenvalue weighted by molar-refractivity contribution is 8.22. The number of thioether (sulfide) groups is 1. The highest BCUT2D eigenvalue weighted by atomic mass is 32.2. The summed E-state index contributed by atoms with van der Waals surface area (Å²) in [5.74, 6) is -5.32. The van der Waals surface area contributed by atoms with Crippen molar-refractivity contribution in [1.29, 1.82) is 0 Å². The van der Waals surface area contributed by atoms with E-state index >= 15 is 0 Å². The van der Waals surface area contributed by atoms with E-state index in [2.05, 4.69) is 0 Å². The van der Waals surface area contributed by atoms with Crippen LogP contribution in [-0.4, -0.2) is 97.0 Å². The Labute approximate surface area is 301 Å². The zero-order valence-electron chi connectivity index (χ0n) is 26.8. The largest absolute Gasteiger partial charge is 0.480 e. The lowest BCUT2D eigenvalue weighted by atomic mass is 10.2. The van der Waals surface area contributed by atoms with Gasteiger partial charge in [-0.1, -0.05) is 0 Å². The molecule has 280 valence electrons. The van der Waals surface area contributed by atoms with Crippen molar-refractivity contribution in [2.24, 2.45) is 0 Å². The number of hydrogen-bond acceptors (Lipinski definition) is 16. The molecule has 3 aliphatic rings. The number of allylic oxidation sites excluding steroid dienone is 1. The van der Waals surface area contributed by atoms with Crippen LogP contribution in [0.15, 0.2) is 37.6 Å². The molecule has 21 nitrogen and oxygen atoms in total. The molecule has 1 aromatic carbocycles. The number of imide groups is 1. The first-order valence-corrected chi connectivity index (χ1v) is 18.1. The van der Waals surface area contributed by atoms with E-state index in [1.54, 1.807) is 11.0 Å². The van der Waals surface area contributed by atoms with Crippen LogP contribution in [0.1, 0.15) is 13.3 Å². The highest BCUT2D eigenvalue weighted by Gasteiger charge is 2.39. The minimum absolute atomic E-state index is 0.00780. The van der Waals surface area contributed by atoms with E-state index in [1.165, 1.54) is 19.1 Å². The Morgan fingerprint density at radius 2 is 1.53 bits per heavy atom. The molecule has 3 aromatic rings. The Balaban J connectivity index is 1.57. The number of carbonyl (C=O) groups excluding carboxylic acids is 2. The number of fused-ring (bicyclic) bond motifs is 2. The second-order valence-electron chi connectivity index (χ2n) is 11.3. The molecule has 0 aliphatic carbocycles. The Hall–Kier alpha value is -5.85. The average molecular weight is 797 g/mol. The lowest BCUT2D eigenvalue weighted by Gasteiger charge is -2.19. The Bertz CT molecular complexity index is 2630. The number of carboxylic acids is 3. The molecule has 0 bridgehead atoms. The van der Waals surface area contributed by atoms with Gasteiger partial charge in [0.25, 0.3) is 32.4 Å². The number of nitrogens with zero attached hydrogens (tertiary/aromatic N) is 4. The van der Waals surface area contributed by atoms with E-state index in [0.29, 0.717) is 42.6 Å². The molecule has 6 rings (SSSR count). The number of ether oxygens (including phenoxy) is 3. The maximum absolute atomic E-state index is 13.7. The van der Waals surface area contributed by atoms with Crippen LogP contribution in [0.5, 0.6) is 17.2 Å². The summed E-state index contributed by atoms with van der Waals surface area (Å²) in [6, 6.07) is 3.12. The fourth-order valence-electron chi connectivity index (χ4n) is 5.41. The van der Waals surface area contributed by atoms with Gasteiger partial charge in [0.2, 0.25) is 23.6 Å². The number of anilines is 1. The van der Waals surface area contributed by atoms with E-state index in [-0.39, 0.29) is 53.3 Å². The molecule has 0 saturated carbocycles. The molecule has 1 saturated heterocycles. The molecule has 2 aromatic heterocycles. The van der Waals surface area contributed by atoms with Crippen LogP contribution in [0.4, 0.5) is 10.5 Å². The second kappa shape index (κ2) is 13.9. The Morgan fingerprint density at radius 3 is 2.17 bits per heavy atom. The van der Waals surface area contributed by atoms with E-state index in [9.17, 15) is 56.7 Å². The summed E-state index contributed by atoms with van der Waals surface area (Å²) in [5, 5.41) is 27.2. The van der Waals surface area contributed by atoms with Crippen LogP contribution in [-0.2, 0) is 42.4 Å². The third-order valence-corrected chi connectivity index (χ3v) is 10.4. The summed E-state index contributed by atoms with van der Waals surface area (Å²) < 4.78 is 55.3. The number of oxazole rings is 1. The summed E-state index contributed by atoms with van der Waals surface area (Å²) in [4.78, 5) is 88.8. The van der Waals surface area contributed by atoms with Gasteiger partial charge < -0.3 is 38.8 Å². The third kappa shape index (κ3) is 7.28. The Morgan fingerprint density at radius 1 is 0.887 bits per heavy atom. The van der Waals surface area contributed by atoms with Crippen molar-refractivity contribution in [3.63, 3.8) is 0 Å². The first-order chi connectivity index (χ1) is 24.9. The van der Waals surface area contributed by atoms with Gasteiger partial charge in [-0.05, 0) is 31.2 Å². The molecule has 0 atom stereocenters. The predicted octanol–water partition coefficient (Wildman–Crippen LogP) is -1.07. The number of rotatable bonds is 11. The number of aliphatic carboxylic acids is 3. The molecule has 53 heavy (non-hydrogen) atoms. The lowest BCUT2D eigenvalue weighted by molar-refractivity contribution is -0.140. The van der Waals surface area contributed by atoms with Crippen LogP contribution >= 0.6 is 23.1 Å². The van der Waals surface area contributed by atoms with Crippen molar-refractivity contribution in [1.82, 2.24) is 14.0 Å². The van der Waals surface area contributed by atoms with Crippen LogP contribution < -0.4 is 40.3 Å². The van der Waals surface area contributed by atoms with Gasteiger partial charge in [0, 0.05) is 24.3 Å². The second-order valence-corrected chi connectivity index (χ2v) is 14.8. The smallest absolute Gasteiger partial charge is 0.323 e. The number of carbonyl (C=O) groups is 5. The first kappa shape index (κ1) is 36.9. The van der Waals surface area contributed by atoms with Crippen molar-refractivity contribution < 1.29 is 70.9 Å². The summed E-state index contributed by atoms with van der Waals surface area (Å²) in [7, 11) is -4.32. The van der Waals surface area contributed by atoms with E-state index < -0.39 is 96.2 Å². The normalized spacial score (nSPS) is 18.1. The fourth-order valence-corrected chi connectivity index (χ4v) is 7.90.